The summed E-state index contributed by atoms with van der Waals surface area (Å²) in [6, 6.07) is 7.08. The smallest absolute Gasteiger partial charge is 0.329 e. The zero-order valence-corrected chi connectivity index (χ0v) is 10.7. The summed E-state index contributed by atoms with van der Waals surface area (Å²) in [7, 11) is 0. The van der Waals surface area contributed by atoms with Crippen molar-refractivity contribution in [2.75, 3.05) is 0 Å². The fourth-order valence-electron chi connectivity index (χ4n) is 1.14. The van der Waals surface area contributed by atoms with Gasteiger partial charge in [-0.05, 0) is 31.9 Å². The molecule has 18 heavy (non-hydrogen) atoms. The van der Waals surface area contributed by atoms with Crippen LogP contribution in [0, 0.1) is 5.41 Å². The molecule has 0 amide bonds. The third-order valence-electron chi connectivity index (χ3n) is 2.18. The number of hydrogen-bond acceptors (Lipinski definition) is 4. The fourth-order valence-corrected chi connectivity index (χ4v) is 1.14. The number of azide groups is 1. The Morgan fingerprint density at radius 1 is 1.44 bits per heavy atom. The zero-order chi connectivity index (χ0) is 13.6. The van der Waals surface area contributed by atoms with Crippen LogP contribution in [-0.2, 0) is 16.2 Å². The van der Waals surface area contributed by atoms with Crippen LogP contribution in [0.1, 0.15) is 26.3 Å². The van der Waals surface area contributed by atoms with Crippen molar-refractivity contribution in [2.24, 2.45) is 10.5 Å². The van der Waals surface area contributed by atoms with E-state index in [2.05, 4.69) is 15.5 Å². The van der Waals surface area contributed by atoms with Crippen molar-refractivity contribution in [1.29, 1.82) is 0 Å². The molecule has 0 saturated carbocycles. The highest BCUT2D eigenvalue weighted by Gasteiger charge is 2.23. The van der Waals surface area contributed by atoms with Crippen LogP contribution in [0.2, 0.25) is 0 Å². The van der Waals surface area contributed by atoms with E-state index in [1.807, 2.05) is 6.07 Å². The van der Waals surface area contributed by atoms with Gasteiger partial charge in [-0.3, -0.25) is 0 Å². The Morgan fingerprint density at radius 2 is 2.11 bits per heavy atom. The van der Waals surface area contributed by atoms with Crippen LogP contribution in [0.3, 0.4) is 0 Å². The Kier molecular flexibility index (Phi) is 4.71. The maximum absolute atomic E-state index is 11.5. The Balaban J connectivity index is 2.59. The largest absolute Gasteiger partial charge is 0.370 e. The predicted molar refractivity (Wildman–Crippen MR) is 67.6 cm³/mol. The Labute approximate surface area is 106 Å². The van der Waals surface area contributed by atoms with Crippen LogP contribution >= 0.6 is 0 Å². The minimum Gasteiger partial charge on any atom is -0.370 e. The molecule has 0 saturated heterocycles. The average Bonchev–Trinajstić information content (AvgIpc) is 2.30. The molecule has 0 unspecified atom stereocenters. The summed E-state index contributed by atoms with van der Waals surface area (Å²) in [5.74, 6) is -0.344. The van der Waals surface area contributed by atoms with Crippen LogP contribution in [0.5, 0.6) is 0 Å². The van der Waals surface area contributed by atoms with E-state index in [1.54, 1.807) is 39.0 Å². The van der Waals surface area contributed by atoms with Crippen molar-refractivity contribution in [3.05, 3.63) is 40.3 Å². The van der Waals surface area contributed by atoms with E-state index in [-0.39, 0.29) is 12.5 Å². The van der Waals surface area contributed by atoms with Crippen molar-refractivity contribution in [3.8, 4) is 0 Å². The molecule has 0 aliphatic rings. The number of rotatable bonds is 4. The standard InChI is InChI=1S/C12H16N4O2/c1-12(2,3)11(17)18-14-8-9-6-4-5-7-10(9)15-16-13/h4-7,14H,8H2,1-3H3. The minimum atomic E-state index is -0.558. The molecular formula is C12H16N4O2. The van der Waals surface area contributed by atoms with Gasteiger partial charge in [-0.15, -0.1) is 5.48 Å². The molecule has 1 N–H and O–H groups in total. The molecular weight excluding hydrogens is 232 g/mol. The molecule has 0 fully saturated rings. The number of benzene rings is 1. The summed E-state index contributed by atoms with van der Waals surface area (Å²) in [6.07, 6.45) is 0. The number of carbonyl (C=O) groups excluding carboxylic acids is 1. The first-order chi connectivity index (χ1) is 8.45. The van der Waals surface area contributed by atoms with Crippen molar-refractivity contribution in [3.63, 3.8) is 0 Å². The van der Waals surface area contributed by atoms with Crippen LogP contribution in [-0.4, -0.2) is 5.97 Å². The van der Waals surface area contributed by atoms with Gasteiger partial charge in [0.15, 0.2) is 0 Å². The number of hydroxylamine groups is 1. The van der Waals surface area contributed by atoms with Gasteiger partial charge in [-0.2, -0.15) is 0 Å². The summed E-state index contributed by atoms with van der Waals surface area (Å²) in [6.45, 7) is 5.60. The first-order valence-electron chi connectivity index (χ1n) is 5.52. The van der Waals surface area contributed by atoms with E-state index >= 15 is 0 Å². The SMILES string of the molecule is CC(C)(C)C(=O)ONCc1ccccc1N=[N+]=[N-]. The number of hydrogen-bond donors (Lipinski definition) is 1. The lowest BCUT2D eigenvalue weighted by atomic mass is 9.98. The van der Waals surface area contributed by atoms with Crippen LogP contribution in [0.25, 0.3) is 10.4 Å². The van der Waals surface area contributed by atoms with Crippen molar-refractivity contribution >= 4 is 11.7 Å². The maximum Gasteiger partial charge on any atom is 0.329 e. The molecule has 0 radical (unpaired) electrons. The van der Waals surface area contributed by atoms with Crippen LogP contribution in [0.4, 0.5) is 5.69 Å². The minimum absolute atomic E-state index is 0.289. The van der Waals surface area contributed by atoms with Gasteiger partial charge in [0.2, 0.25) is 0 Å². The number of nitrogens with one attached hydrogen (secondary N) is 1. The normalized spacial score (nSPS) is 10.6. The molecule has 0 atom stereocenters. The maximum atomic E-state index is 11.5. The van der Waals surface area contributed by atoms with E-state index in [0.717, 1.165) is 5.56 Å². The first kappa shape index (κ1) is 14.0. The molecule has 0 aliphatic carbocycles. The van der Waals surface area contributed by atoms with Gasteiger partial charge in [0.1, 0.15) is 0 Å². The number of carbonyl (C=O) groups is 1. The van der Waals surface area contributed by atoms with Crippen molar-refractivity contribution in [2.45, 2.75) is 27.3 Å². The van der Waals surface area contributed by atoms with Crippen molar-refractivity contribution < 1.29 is 9.63 Å². The van der Waals surface area contributed by atoms with Gasteiger partial charge in [0.05, 0.1) is 12.0 Å². The van der Waals surface area contributed by atoms with Gasteiger partial charge in [0, 0.05) is 10.6 Å². The van der Waals surface area contributed by atoms with Gasteiger partial charge in [-0.25, -0.2) is 4.79 Å². The predicted octanol–water partition coefficient (Wildman–Crippen LogP) is 3.22. The highest BCUT2D eigenvalue weighted by molar-refractivity contribution is 5.75. The lowest BCUT2D eigenvalue weighted by Crippen LogP contribution is -2.29. The van der Waals surface area contributed by atoms with E-state index in [1.165, 1.54) is 0 Å². The summed E-state index contributed by atoms with van der Waals surface area (Å²) < 4.78 is 0. The molecule has 1 rings (SSSR count). The zero-order valence-electron chi connectivity index (χ0n) is 10.7. The molecule has 0 spiro atoms. The van der Waals surface area contributed by atoms with Crippen LogP contribution in [0.15, 0.2) is 29.4 Å². The van der Waals surface area contributed by atoms with Gasteiger partial charge >= 0.3 is 5.97 Å². The van der Waals surface area contributed by atoms with E-state index in [0.29, 0.717) is 5.69 Å². The lowest BCUT2D eigenvalue weighted by Gasteiger charge is -2.16. The molecule has 1 aromatic carbocycles. The molecule has 0 heterocycles. The fraction of sp³-hybridized carbons (Fsp3) is 0.417. The summed E-state index contributed by atoms with van der Waals surface area (Å²) in [5, 5.41) is 3.55. The highest BCUT2D eigenvalue weighted by Crippen LogP contribution is 2.19. The summed E-state index contributed by atoms with van der Waals surface area (Å²) >= 11 is 0. The quantitative estimate of drug-likeness (QED) is 0.384. The molecule has 6 nitrogen and oxygen atoms in total. The Bertz CT molecular complexity index is 473. The summed E-state index contributed by atoms with van der Waals surface area (Å²) in [5.41, 5.74) is 11.7. The Hall–Kier alpha value is -2.04. The second kappa shape index (κ2) is 6.05. The highest BCUT2D eigenvalue weighted by atomic mass is 16.7. The summed E-state index contributed by atoms with van der Waals surface area (Å²) in [4.78, 5) is 19.2. The molecule has 0 aromatic heterocycles. The second-order valence-electron chi connectivity index (χ2n) is 4.78. The van der Waals surface area contributed by atoms with Gasteiger partial charge in [-0.1, -0.05) is 29.4 Å². The Morgan fingerprint density at radius 3 is 2.72 bits per heavy atom. The number of nitrogens with zero attached hydrogens (tertiary/aromatic N) is 3. The van der Waals surface area contributed by atoms with Crippen molar-refractivity contribution in [1.82, 2.24) is 5.48 Å². The van der Waals surface area contributed by atoms with Gasteiger partial charge in [0.25, 0.3) is 0 Å². The molecule has 6 heteroatoms. The molecule has 1 aromatic rings. The van der Waals surface area contributed by atoms with E-state index in [4.69, 9.17) is 10.4 Å². The molecule has 96 valence electrons. The first-order valence-corrected chi connectivity index (χ1v) is 5.52. The molecule has 0 aliphatic heterocycles. The van der Waals surface area contributed by atoms with Crippen LogP contribution < -0.4 is 5.48 Å². The van der Waals surface area contributed by atoms with E-state index < -0.39 is 5.41 Å². The second-order valence-corrected chi connectivity index (χ2v) is 4.78. The third-order valence-corrected chi connectivity index (χ3v) is 2.18. The lowest BCUT2D eigenvalue weighted by molar-refractivity contribution is -0.161. The average molecular weight is 248 g/mol. The monoisotopic (exact) mass is 248 g/mol. The topological polar surface area (TPSA) is 87.1 Å². The van der Waals surface area contributed by atoms with Gasteiger partial charge < -0.3 is 4.84 Å². The van der Waals surface area contributed by atoms with E-state index in [9.17, 15) is 4.79 Å². The third kappa shape index (κ3) is 4.08. The molecule has 0 bridgehead atoms.